The number of nitrogens with one attached hydrogen (secondary N) is 1. The molecule has 3 heterocycles. The van der Waals surface area contributed by atoms with Crippen molar-refractivity contribution < 1.29 is 14.4 Å². The quantitative estimate of drug-likeness (QED) is 0.619. The summed E-state index contributed by atoms with van der Waals surface area (Å²) in [4.78, 5) is 42.3. The molecule has 4 atom stereocenters. The highest BCUT2D eigenvalue weighted by atomic mass is 16.2. The third-order valence-corrected chi connectivity index (χ3v) is 6.90. The first-order valence-corrected chi connectivity index (χ1v) is 11.3. The molecule has 3 aliphatic heterocycles. The number of anilines is 2. The number of amides is 3. The Balaban J connectivity index is 1.45. The molecule has 168 valence electrons. The molecule has 0 radical (unpaired) electrons. The Kier molecular flexibility index (Phi) is 4.58. The van der Waals surface area contributed by atoms with Gasteiger partial charge < -0.3 is 5.32 Å². The number of hydrazone groups is 1. The summed E-state index contributed by atoms with van der Waals surface area (Å²) in [5.74, 6) is -2.57. The van der Waals surface area contributed by atoms with Crippen molar-refractivity contribution in [1.82, 2.24) is 5.01 Å². The van der Waals surface area contributed by atoms with E-state index in [2.05, 4.69) is 10.4 Å². The van der Waals surface area contributed by atoms with E-state index < -0.39 is 23.9 Å². The second-order valence-corrected chi connectivity index (χ2v) is 8.90. The molecule has 3 aliphatic rings. The topological polar surface area (TPSA) is 82.1 Å². The van der Waals surface area contributed by atoms with E-state index in [1.807, 2.05) is 61.5 Å². The lowest BCUT2D eigenvalue weighted by Crippen LogP contribution is -2.46. The minimum atomic E-state index is -0.910. The molecule has 34 heavy (non-hydrogen) atoms. The molecular weight excluding hydrogens is 428 g/mol. The number of benzene rings is 3. The average molecular weight is 450 g/mol. The monoisotopic (exact) mass is 450 g/mol. The van der Waals surface area contributed by atoms with E-state index in [1.165, 1.54) is 4.90 Å². The maximum Gasteiger partial charge on any atom is 0.249 e. The van der Waals surface area contributed by atoms with E-state index in [0.29, 0.717) is 11.4 Å². The number of rotatable bonds is 3. The lowest BCUT2D eigenvalue weighted by Gasteiger charge is -2.33. The molecule has 7 nitrogen and oxygen atoms in total. The molecule has 7 heteroatoms. The van der Waals surface area contributed by atoms with E-state index in [4.69, 9.17) is 0 Å². The fourth-order valence-corrected chi connectivity index (χ4v) is 5.35. The van der Waals surface area contributed by atoms with Crippen LogP contribution < -0.4 is 10.2 Å². The Morgan fingerprint density at radius 1 is 0.853 bits per heavy atom. The number of fused-ring (bicyclic) bond motifs is 5. The van der Waals surface area contributed by atoms with Crippen LogP contribution in [-0.4, -0.2) is 35.0 Å². The molecule has 0 saturated carbocycles. The zero-order valence-electron chi connectivity index (χ0n) is 18.5. The van der Waals surface area contributed by atoms with Gasteiger partial charge in [0.25, 0.3) is 0 Å². The third-order valence-electron chi connectivity index (χ3n) is 6.90. The van der Waals surface area contributed by atoms with Gasteiger partial charge in [-0.15, -0.1) is 0 Å². The Hall–Kier alpha value is -4.26. The number of hydrogen-bond acceptors (Lipinski definition) is 5. The van der Waals surface area contributed by atoms with Gasteiger partial charge in [0.05, 0.1) is 29.8 Å². The number of aryl methyl sites for hydroxylation is 1. The summed E-state index contributed by atoms with van der Waals surface area (Å²) >= 11 is 0. The summed E-state index contributed by atoms with van der Waals surface area (Å²) in [6, 6.07) is 22.7. The lowest BCUT2D eigenvalue weighted by atomic mass is 9.85. The fourth-order valence-electron chi connectivity index (χ4n) is 5.35. The highest BCUT2D eigenvalue weighted by Gasteiger charge is 2.65. The molecule has 3 aromatic carbocycles. The molecule has 0 spiro atoms. The average Bonchev–Trinajstić information content (AvgIpc) is 3.33. The minimum Gasteiger partial charge on any atom is -0.324 e. The molecular formula is C27H22N4O3. The number of carbonyl (C=O) groups excluding carboxylic acids is 3. The van der Waals surface area contributed by atoms with Gasteiger partial charge in [0, 0.05) is 5.69 Å². The molecule has 0 aliphatic carbocycles. The fraction of sp³-hybridized carbons (Fsp3) is 0.185. The van der Waals surface area contributed by atoms with Crippen LogP contribution >= 0.6 is 0 Å². The number of para-hydroxylation sites is 1. The number of imide groups is 1. The van der Waals surface area contributed by atoms with E-state index in [0.717, 1.165) is 16.7 Å². The molecule has 1 N–H and O–H groups in total. The Morgan fingerprint density at radius 2 is 1.53 bits per heavy atom. The van der Waals surface area contributed by atoms with Crippen LogP contribution in [0.5, 0.6) is 0 Å². The van der Waals surface area contributed by atoms with Crippen molar-refractivity contribution in [3.63, 3.8) is 0 Å². The van der Waals surface area contributed by atoms with Gasteiger partial charge in [0.2, 0.25) is 17.7 Å². The van der Waals surface area contributed by atoms with Crippen LogP contribution in [0.15, 0.2) is 84.0 Å². The highest BCUT2D eigenvalue weighted by Crippen LogP contribution is 2.52. The first kappa shape index (κ1) is 20.4. The van der Waals surface area contributed by atoms with E-state index >= 15 is 0 Å². The zero-order valence-corrected chi connectivity index (χ0v) is 18.5. The predicted octanol–water partition coefficient (Wildman–Crippen LogP) is 3.51. The standard InChI is InChI=1S/C27H22N4O3/c1-16-11-13-19(14-12-16)30-26(33)21-22(27(30)34)24(25(32)29-18-8-3-2-4-9-18)31-23(21)20-10-6-5-7-17(20)15-28-31/h2-15,21-24H,1H3,(H,29,32)/t21-,22+,23-,24-/m1/s1. The van der Waals surface area contributed by atoms with Gasteiger partial charge in [-0.3, -0.25) is 19.4 Å². The molecule has 6 rings (SSSR count). The van der Waals surface area contributed by atoms with Crippen molar-refractivity contribution in [3.05, 3.63) is 95.6 Å². The third kappa shape index (κ3) is 2.97. The van der Waals surface area contributed by atoms with Crippen molar-refractivity contribution in [2.45, 2.75) is 19.0 Å². The lowest BCUT2D eigenvalue weighted by molar-refractivity contribution is -0.129. The molecule has 3 aromatic rings. The summed E-state index contributed by atoms with van der Waals surface area (Å²) in [7, 11) is 0. The van der Waals surface area contributed by atoms with Gasteiger partial charge in [-0.05, 0) is 42.3 Å². The van der Waals surface area contributed by atoms with Crippen LogP contribution in [0.4, 0.5) is 11.4 Å². The molecule has 3 amide bonds. The SMILES string of the molecule is Cc1ccc(N2C(=O)[C@@H]3[C@H](C2=O)[C@H](C(=O)Nc2ccccc2)N2N=Cc4ccccc4[C@H]32)cc1. The van der Waals surface area contributed by atoms with Crippen LogP contribution in [0.25, 0.3) is 0 Å². The van der Waals surface area contributed by atoms with Gasteiger partial charge in [0.15, 0.2) is 0 Å². The van der Waals surface area contributed by atoms with Gasteiger partial charge in [-0.25, -0.2) is 4.90 Å². The summed E-state index contributed by atoms with van der Waals surface area (Å²) in [5.41, 5.74) is 3.97. The maximum atomic E-state index is 13.8. The van der Waals surface area contributed by atoms with Gasteiger partial charge >= 0.3 is 0 Å². The molecule has 2 fully saturated rings. The highest BCUT2D eigenvalue weighted by molar-refractivity contribution is 6.24. The molecule has 2 saturated heterocycles. The summed E-state index contributed by atoms with van der Waals surface area (Å²) in [5, 5.41) is 9.13. The van der Waals surface area contributed by atoms with Crippen molar-refractivity contribution in [2.75, 3.05) is 10.2 Å². The Bertz CT molecular complexity index is 1340. The van der Waals surface area contributed by atoms with Crippen molar-refractivity contribution in [1.29, 1.82) is 0 Å². The largest absolute Gasteiger partial charge is 0.324 e. The minimum absolute atomic E-state index is 0.296. The van der Waals surface area contributed by atoms with E-state index in [1.54, 1.807) is 35.5 Å². The summed E-state index contributed by atoms with van der Waals surface area (Å²) in [6.45, 7) is 1.95. The predicted molar refractivity (Wildman–Crippen MR) is 128 cm³/mol. The van der Waals surface area contributed by atoms with Crippen molar-refractivity contribution in [2.24, 2.45) is 16.9 Å². The zero-order chi connectivity index (χ0) is 23.4. The molecule has 0 aromatic heterocycles. The second kappa shape index (κ2) is 7.66. The van der Waals surface area contributed by atoms with Crippen molar-refractivity contribution in [3.8, 4) is 0 Å². The Labute approximate surface area is 196 Å². The summed E-state index contributed by atoms with van der Waals surface area (Å²) in [6.07, 6.45) is 1.70. The number of nitrogens with zero attached hydrogens (tertiary/aromatic N) is 3. The number of carbonyl (C=O) groups is 3. The van der Waals surface area contributed by atoms with Crippen LogP contribution in [0, 0.1) is 18.8 Å². The first-order chi connectivity index (χ1) is 16.5. The maximum absolute atomic E-state index is 13.8. The van der Waals surface area contributed by atoms with E-state index in [9.17, 15) is 14.4 Å². The molecule has 0 unspecified atom stereocenters. The van der Waals surface area contributed by atoms with Crippen LogP contribution in [0.1, 0.15) is 22.7 Å². The summed E-state index contributed by atoms with van der Waals surface area (Å²) < 4.78 is 0. The normalized spacial score (nSPS) is 24.6. The second-order valence-electron chi connectivity index (χ2n) is 8.90. The smallest absolute Gasteiger partial charge is 0.249 e. The molecule has 0 bridgehead atoms. The van der Waals surface area contributed by atoms with Gasteiger partial charge in [-0.2, -0.15) is 5.10 Å². The van der Waals surface area contributed by atoms with Gasteiger partial charge in [-0.1, -0.05) is 60.2 Å². The first-order valence-electron chi connectivity index (χ1n) is 11.3. The van der Waals surface area contributed by atoms with Crippen LogP contribution in [0.2, 0.25) is 0 Å². The van der Waals surface area contributed by atoms with Crippen molar-refractivity contribution >= 4 is 35.3 Å². The van der Waals surface area contributed by atoms with Crippen LogP contribution in [-0.2, 0) is 14.4 Å². The van der Waals surface area contributed by atoms with Gasteiger partial charge in [0.1, 0.15) is 6.04 Å². The van der Waals surface area contributed by atoms with E-state index in [-0.39, 0.29) is 17.7 Å². The Morgan fingerprint density at radius 3 is 2.29 bits per heavy atom. The number of hydrogen-bond donors (Lipinski definition) is 1. The van der Waals surface area contributed by atoms with Crippen LogP contribution in [0.3, 0.4) is 0 Å².